The lowest BCUT2D eigenvalue weighted by Gasteiger charge is -2.20. The molecule has 0 unspecified atom stereocenters. The molecule has 0 atom stereocenters. The molecule has 188 valence electrons. The minimum Gasteiger partial charge on any atom is -0.457 e. The summed E-state index contributed by atoms with van der Waals surface area (Å²) in [6.45, 7) is 6.73. The molecule has 0 saturated heterocycles. The van der Waals surface area contributed by atoms with Crippen molar-refractivity contribution < 1.29 is 4.74 Å². The van der Waals surface area contributed by atoms with E-state index < -0.39 is 0 Å². The Morgan fingerprint density at radius 3 is 1.95 bits per heavy atom. The Kier molecular flexibility index (Phi) is 4.39. The molecule has 5 heterocycles. The number of ether oxygens (including phenoxy) is 1. The van der Waals surface area contributed by atoms with Gasteiger partial charge in [-0.25, -0.2) is 9.97 Å². The number of pyridine rings is 3. The predicted octanol–water partition coefficient (Wildman–Crippen LogP) is 8.08. The van der Waals surface area contributed by atoms with Crippen molar-refractivity contribution in [2.45, 2.75) is 26.2 Å². The van der Waals surface area contributed by atoms with Gasteiger partial charge in [-0.15, -0.1) is 0 Å². The van der Waals surface area contributed by atoms with Gasteiger partial charge in [0.2, 0.25) is 0 Å². The van der Waals surface area contributed by atoms with Crippen LogP contribution in [0.15, 0.2) is 97.7 Å². The van der Waals surface area contributed by atoms with Crippen molar-refractivity contribution in [3.63, 3.8) is 0 Å². The van der Waals surface area contributed by atoms with Crippen LogP contribution in [0.25, 0.3) is 54.8 Å². The Hall–Kier alpha value is -4.97. The number of fused-ring (bicyclic) bond motifs is 12. The average Bonchev–Trinajstić information content (AvgIpc) is 3.63. The van der Waals surface area contributed by atoms with Crippen molar-refractivity contribution >= 4 is 54.8 Å². The third-order valence-corrected chi connectivity index (χ3v) is 7.70. The highest BCUT2D eigenvalue weighted by Crippen LogP contribution is 2.36. The quantitative estimate of drug-likeness (QED) is 0.222. The van der Waals surface area contributed by atoms with E-state index in [0.29, 0.717) is 0 Å². The second-order valence-electron chi connectivity index (χ2n) is 11.1. The summed E-state index contributed by atoms with van der Waals surface area (Å²) >= 11 is 0. The van der Waals surface area contributed by atoms with Gasteiger partial charge >= 0.3 is 0 Å². The van der Waals surface area contributed by atoms with Crippen molar-refractivity contribution in [2.24, 2.45) is 0 Å². The lowest BCUT2D eigenvalue weighted by atomic mass is 9.86. The van der Waals surface area contributed by atoms with Crippen LogP contribution in [0, 0.1) is 0 Å². The van der Waals surface area contributed by atoms with Crippen LogP contribution in [0.3, 0.4) is 0 Å². The fraction of sp³-hybridized carbons (Fsp3) is 0.121. The van der Waals surface area contributed by atoms with Gasteiger partial charge in [-0.1, -0.05) is 32.9 Å². The first-order valence-electron chi connectivity index (χ1n) is 13.1. The molecular formula is C33H25N5O. The van der Waals surface area contributed by atoms with Crippen LogP contribution in [0.5, 0.6) is 11.5 Å². The van der Waals surface area contributed by atoms with Gasteiger partial charge in [0.05, 0.1) is 16.6 Å². The highest BCUT2D eigenvalue weighted by molar-refractivity contribution is 6.12. The van der Waals surface area contributed by atoms with Crippen molar-refractivity contribution in [1.82, 2.24) is 23.8 Å². The van der Waals surface area contributed by atoms with Crippen molar-refractivity contribution in [3.05, 3.63) is 103 Å². The Balaban J connectivity index is 1.28. The first kappa shape index (κ1) is 22.1. The maximum Gasteiger partial charge on any atom is 0.145 e. The molecule has 0 bridgehead atoms. The topological polar surface area (TPSA) is 56.7 Å². The van der Waals surface area contributed by atoms with E-state index in [-0.39, 0.29) is 5.41 Å². The molecule has 0 aliphatic heterocycles. The summed E-state index contributed by atoms with van der Waals surface area (Å²) in [7, 11) is 0. The average molecular weight is 508 g/mol. The predicted molar refractivity (Wildman–Crippen MR) is 157 cm³/mol. The van der Waals surface area contributed by atoms with E-state index in [0.717, 1.165) is 60.9 Å². The highest BCUT2D eigenvalue weighted by atomic mass is 16.5. The maximum absolute atomic E-state index is 6.44. The van der Waals surface area contributed by atoms with Gasteiger partial charge in [0, 0.05) is 52.5 Å². The summed E-state index contributed by atoms with van der Waals surface area (Å²) in [6, 6.07) is 23.2. The summed E-state index contributed by atoms with van der Waals surface area (Å²) in [6.07, 6.45) is 9.52. The van der Waals surface area contributed by atoms with Gasteiger partial charge in [-0.05, 0) is 71.0 Å². The van der Waals surface area contributed by atoms with Crippen LogP contribution in [-0.4, -0.2) is 23.8 Å². The highest BCUT2D eigenvalue weighted by Gasteiger charge is 2.17. The zero-order valence-electron chi connectivity index (χ0n) is 21.9. The van der Waals surface area contributed by atoms with E-state index in [1.807, 2.05) is 49.2 Å². The molecule has 3 aromatic carbocycles. The van der Waals surface area contributed by atoms with Crippen molar-refractivity contribution in [2.75, 3.05) is 0 Å². The van der Waals surface area contributed by atoms with E-state index in [1.165, 1.54) is 10.9 Å². The summed E-state index contributed by atoms with van der Waals surface area (Å²) < 4.78 is 10.7. The lowest BCUT2D eigenvalue weighted by molar-refractivity contribution is 0.484. The van der Waals surface area contributed by atoms with E-state index in [9.17, 15) is 0 Å². The van der Waals surface area contributed by atoms with E-state index in [2.05, 4.69) is 88.1 Å². The molecule has 8 rings (SSSR count). The Bertz CT molecular complexity index is 2250. The second kappa shape index (κ2) is 7.77. The number of rotatable bonds is 2. The third kappa shape index (κ3) is 3.24. The number of aromatic nitrogens is 5. The summed E-state index contributed by atoms with van der Waals surface area (Å²) in [5.74, 6) is 1.51. The first-order chi connectivity index (χ1) is 19.0. The molecule has 5 aromatic heterocycles. The molecule has 39 heavy (non-hydrogen) atoms. The number of benzene rings is 3. The lowest BCUT2D eigenvalue weighted by Crippen LogP contribution is -2.11. The summed E-state index contributed by atoms with van der Waals surface area (Å²) in [4.78, 5) is 14.0. The molecule has 0 spiro atoms. The Morgan fingerprint density at radius 1 is 0.590 bits per heavy atom. The Morgan fingerprint density at radius 2 is 1.23 bits per heavy atom. The molecule has 0 radical (unpaired) electrons. The molecule has 6 nitrogen and oxygen atoms in total. The normalized spacial score (nSPS) is 12.5. The first-order valence-corrected chi connectivity index (χ1v) is 13.1. The van der Waals surface area contributed by atoms with Crippen LogP contribution >= 0.6 is 0 Å². The number of hydrogen-bond donors (Lipinski definition) is 0. The van der Waals surface area contributed by atoms with E-state index in [4.69, 9.17) is 9.72 Å². The van der Waals surface area contributed by atoms with Crippen LogP contribution in [-0.2, 0) is 5.41 Å². The summed E-state index contributed by atoms with van der Waals surface area (Å²) in [5, 5.41) is 5.46. The smallest absolute Gasteiger partial charge is 0.145 e. The second-order valence-corrected chi connectivity index (χ2v) is 11.1. The molecule has 6 heteroatoms. The molecule has 8 aromatic rings. The van der Waals surface area contributed by atoms with Gasteiger partial charge in [-0.2, -0.15) is 0 Å². The molecule has 0 aliphatic carbocycles. The van der Waals surface area contributed by atoms with Crippen LogP contribution in [0.1, 0.15) is 26.3 Å². The fourth-order valence-corrected chi connectivity index (χ4v) is 5.74. The molecule has 0 amide bonds. The van der Waals surface area contributed by atoms with Crippen LogP contribution in [0.2, 0.25) is 0 Å². The number of imidazole rings is 2. The minimum atomic E-state index is 0.0674. The van der Waals surface area contributed by atoms with Crippen molar-refractivity contribution in [1.29, 1.82) is 0 Å². The zero-order chi connectivity index (χ0) is 26.3. The zero-order valence-corrected chi connectivity index (χ0v) is 21.9. The molecular weight excluding hydrogens is 482 g/mol. The van der Waals surface area contributed by atoms with E-state index >= 15 is 0 Å². The standard InChI is InChI=1S/C33H25N5O/c1-33(2,3)20-6-9-24-23-10-7-21(18-26(23)31-35-14-16-38(31)29(24)17-20)39-22-8-11-25-27(19-22)32-36-13-15-37(32)28-5-4-12-34-30(25)28/h4-19H,1-3H3. The third-order valence-electron chi connectivity index (χ3n) is 7.70. The van der Waals surface area contributed by atoms with Crippen LogP contribution < -0.4 is 4.74 Å². The van der Waals surface area contributed by atoms with Crippen LogP contribution in [0.4, 0.5) is 0 Å². The minimum absolute atomic E-state index is 0.0674. The monoisotopic (exact) mass is 507 g/mol. The van der Waals surface area contributed by atoms with Gasteiger partial charge in [0.25, 0.3) is 0 Å². The van der Waals surface area contributed by atoms with Crippen molar-refractivity contribution in [3.8, 4) is 11.5 Å². The largest absolute Gasteiger partial charge is 0.457 e. The molecule has 0 fully saturated rings. The number of nitrogens with zero attached hydrogens (tertiary/aromatic N) is 5. The fourth-order valence-electron chi connectivity index (χ4n) is 5.74. The Labute approximate surface area is 224 Å². The molecule has 0 aliphatic rings. The van der Waals surface area contributed by atoms with Gasteiger partial charge < -0.3 is 4.74 Å². The van der Waals surface area contributed by atoms with E-state index in [1.54, 1.807) is 0 Å². The molecule has 0 saturated carbocycles. The van der Waals surface area contributed by atoms with Gasteiger partial charge in [0.1, 0.15) is 22.8 Å². The van der Waals surface area contributed by atoms with Gasteiger partial charge in [0.15, 0.2) is 0 Å². The maximum atomic E-state index is 6.44. The number of hydrogen-bond acceptors (Lipinski definition) is 4. The SMILES string of the molecule is CC(C)(C)c1ccc2c3ccc(Oc4ccc5c(c4)c4nccn4c4cccnc54)cc3c3nccn3c2c1. The molecule has 0 N–H and O–H groups in total. The summed E-state index contributed by atoms with van der Waals surface area (Å²) in [5.41, 5.74) is 6.31. The van der Waals surface area contributed by atoms with Gasteiger partial charge in [-0.3, -0.25) is 13.8 Å².